The van der Waals surface area contributed by atoms with E-state index in [4.69, 9.17) is 9.84 Å². The largest absolute Gasteiger partial charge is 0.480 e. The van der Waals surface area contributed by atoms with Crippen LogP contribution in [0.1, 0.15) is 20.8 Å². The van der Waals surface area contributed by atoms with Crippen molar-refractivity contribution in [3.05, 3.63) is 11.1 Å². The number of carboxylic acids is 1. The summed E-state index contributed by atoms with van der Waals surface area (Å²) in [4.78, 5) is 22.5. The van der Waals surface area contributed by atoms with Gasteiger partial charge in [0.25, 0.3) is 0 Å². The van der Waals surface area contributed by atoms with Crippen LogP contribution in [-0.2, 0) is 14.3 Å². The molecule has 0 amide bonds. The third-order valence-corrected chi connectivity index (χ3v) is 3.41. The average Bonchev–Trinajstić information content (AvgIpc) is 2.16. The van der Waals surface area contributed by atoms with Crippen molar-refractivity contribution in [3.63, 3.8) is 0 Å². The molecule has 1 heterocycles. The minimum absolute atomic E-state index is 0.207. The zero-order valence-corrected chi connectivity index (χ0v) is 10.3. The van der Waals surface area contributed by atoms with E-state index in [1.807, 2.05) is 13.8 Å². The van der Waals surface area contributed by atoms with Crippen molar-refractivity contribution in [2.75, 3.05) is 6.61 Å². The van der Waals surface area contributed by atoms with Crippen LogP contribution in [0.4, 0.5) is 0 Å². The summed E-state index contributed by atoms with van der Waals surface area (Å²) < 4.78 is 4.30. The summed E-state index contributed by atoms with van der Waals surface area (Å²) in [6.45, 7) is 5.58. The van der Waals surface area contributed by atoms with Gasteiger partial charge < -0.3 is 15.2 Å². The van der Waals surface area contributed by atoms with Crippen LogP contribution in [0.25, 0.3) is 0 Å². The number of hydrogen-bond donors (Lipinski definition) is 2. The molecule has 0 aromatic rings. The number of aliphatic carboxylic acids is 1. The summed E-state index contributed by atoms with van der Waals surface area (Å²) >= 11 is 1.31. The van der Waals surface area contributed by atoms with Crippen molar-refractivity contribution in [2.45, 2.75) is 31.6 Å². The Labute approximate surface area is 98.2 Å². The third-order valence-electron chi connectivity index (χ3n) is 2.22. The smallest absolute Gasteiger partial charge is 0.354 e. The van der Waals surface area contributed by atoms with Crippen LogP contribution in [-0.4, -0.2) is 34.4 Å². The molecule has 0 radical (unpaired) electrons. The molecule has 6 heteroatoms. The maximum absolute atomic E-state index is 11.4. The highest BCUT2D eigenvalue weighted by molar-refractivity contribution is 8.03. The van der Waals surface area contributed by atoms with Crippen LogP contribution in [0.2, 0.25) is 0 Å². The Morgan fingerprint density at radius 2 is 2.25 bits per heavy atom. The van der Waals surface area contributed by atoms with E-state index in [-0.39, 0.29) is 12.3 Å². The molecule has 1 aliphatic rings. The van der Waals surface area contributed by atoms with Gasteiger partial charge in [-0.3, -0.25) is 0 Å². The Hall–Kier alpha value is -1.17. The molecule has 0 aliphatic carbocycles. The van der Waals surface area contributed by atoms with Gasteiger partial charge in [0.1, 0.15) is 11.7 Å². The lowest BCUT2D eigenvalue weighted by Crippen LogP contribution is -2.52. The standard InChI is InChI=1S/C10H15NO4S/c1-4-15-9(14)6-5-16-10(2,3)7(11-6)8(12)13/h5,7,11H,4H2,1-3H3,(H,12,13). The van der Waals surface area contributed by atoms with E-state index in [1.54, 1.807) is 12.3 Å². The zero-order chi connectivity index (χ0) is 12.3. The molecular formula is C10H15NO4S. The highest BCUT2D eigenvalue weighted by Gasteiger charge is 2.40. The summed E-state index contributed by atoms with van der Waals surface area (Å²) in [5, 5.41) is 13.4. The van der Waals surface area contributed by atoms with Crippen molar-refractivity contribution in [3.8, 4) is 0 Å². The minimum atomic E-state index is -0.979. The second kappa shape index (κ2) is 4.78. The molecule has 0 spiro atoms. The van der Waals surface area contributed by atoms with Crippen molar-refractivity contribution >= 4 is 23.7 Å². The lowest BCUT2D eigenvalue weighted by molar-refractivity contribution is -0.141. The maximum atomic E-state index is 11.4. The molecule has 1 atom stereocenters. The van der Waals surface area contributed by atoms with Gasteiger partial charge in [-0.05, 0) is 20.8 Å². The number of esters is 1. The molecule has 0 aromatic heterocycles. The molecule has 0 saturated heterocycles. The van der Waals surface area contributed by atoms with Crippen LogP contribution >= 0.6 is 11.8 Å². The first-order valence-corrected chi connectivity index (χ1v) is 5.81. The van der Waals surface area contributed by atoms with Crippen molar-refractivity contribution in [1.82, 2.24) is 5.32 Å². The van der Waals surface area contributed by atoms with Crippen LogP contribution in [0.15, 0.2) is 11.1 Å². The van der Waals surface area contributed by atoms with Crippen molar-refractivity contribution in [1.29, 1.82) is 0 Å². The number of ether oxygens (including phenoxy) is 1. The van der Waals surface area contributed by atoms with E-state index >= 15 is 0 Å². The fraction of sp³-hybridized carbons (Fsp3) is 0.600. The summed E-state index contributed by atoms with van der Waals surface area (Å²) in [6, 6.07) is -0.804. The Morgan fingerprint density at radius 3 is 2.75 bits per heavy atom. The first-order valence-electron chi connectivity index (χ1n) is 4.93. The van der Waals surface area contributed by atoms with Crippen molar-refractivity contribution < 1.29 is 19.4 Å². The Kier molecular flexibility index (Phi) is 3.85. The van der Waals surface area contributed by atoms with Gasteiger partial charge in [0, 0.05) is 10.2 Å². The minimum Gasteiger partial charge on any atom is -0.480 e. The molecule has 2 N–H and O–H groups in total. The summed E-state index contributed by atoms with van der Waals surface area (Å²) in [5.41, 5.74) is 0.207. The van der Waals surface area contributed by atoms with E-state index in [2.05, 4.69) is 5.32 Å². The van der Waals surface area contributed by atoms with Gasteiger partial charge in [-0.1, -0.05) is 0 Å². The number of hydrogen-bond acceptors (Lipinski definition) is 5. The topological polar surface area (TPSA) is 75.6 Å². The first kappa shape index (κ1) is 12.9. The van der Waals surface area contributed by atoms with Gasteiger partial charge in [0.05, 0.1) is 6.61 Å². The van der Waals surface area contributed by atoms with E-state index < -0.39 is 22.7 Å². The predicted octanol–water partition coefficient (Wildman–Crippen LogP) is 0.959. The Balaban J connectivity index is 2.83. The molecule has 0 aromatic carbocycles. The molecule has 0 fully saturated rings. The quantitative estimate of drug-likeness (QED) is 0.721. The fourth-order valence-corrected chi connectivity index (χ4v) is 2.20. The van der Waals surface area contributed by atoms with Crippen LogP contribution in [0.3, 0.4) is 0 Å². The molecule has 0 bridgehead atoms. The van der Waals surface area contributed by atoms with Gasteiger partial charge in [-0.2, -0.15) is 0 Å². The molecule has 0 saturated carbocycles. The summed E-state index contributed by atoms with van der Waals surface area (Å²) in [5.74, 6) is -1.50. The zero-order valence-electron chi connectivity index (χ0n) is 9.44. The lowest BCUT2D eigenvalue weighted by atomic mass is 10.0. The van der Waals surface area contributed by atoms with Gasteiger partial charge in [-0.25, -0.2) is 9.59 Å². The maximum Gasteiger partial charge on any atom is 0.354 e. The summed E-state index contributed by atoms with van der Waals surface area (Å²) in [6.07, 6.45) is 0. The molecule has 5 nitrogen and oxygen atoms in total. The number of carbonyl (C=O) groups excluding carboxylic acids is 1. The van der Waals surface area contributed by atoms with E-state index in [1.165, 1.54) is 11.8 Å². The SMILES string of the molecule is CCOC(=O)C1=CSC(C)(C)C(C(=O)O)N1. The molecule has 1 aliphatic heterocycles. The van der Waals surface area contributed by atoms with Crippen molar-refractivity contribution in [2.24, 2.45) is 0 Å². The highest BCUT2D eigenvalue weighted by Crippen LogP contribution is 2.34. The number of carbonyl (C=O) groups is 2. The molecule has 90 valence electrons. The Morgan fingerprint density at radius 1 is 1.62 bits per heavy atom. The second-order valence-corrected chi connectivity index (χ2v) is 5.41. The van der Waals surface area contributed by atoms with Crippen LogP contribution in [0.5, 0.6) is 0 Å². The van der Waals surface area contributed by atoms with Gasteiger partial charge in [0.2, 0.25) is 0 Å². The average molecular weight is 245 g/mol. The molecular weight excluding hydrogens is 230 g/mol. The number of rotatable bonds is 3. The number of carboxylic acid groups (broad SMARTS) is 1. The van der Waals surface area contributed by atoms with Gasteiger partial charge in [-0.15, -0.1) is 11.8 Å². The second-order valence-electron chi connectivity index (χ2n) is 3.89. The monoisotopic (exact) mass is 245 g/mol. The lowest BCUT2D eigenvalue weighted by Gasteiger charge is -2.34. The number of nitrogens with one attached hydrogen (secondary N) is 1. The normalized spacial score (nSPS) is 22.9. The molecule has 1 unspecified atom stereocenters. The predicted molar refractivity (Wildman–Crippen MR) is 60.9 cm³/mol. The first-order chi connectivity index (χ1) is 7.38. The van der Waals surface area contributed by atoms with Crippen LogP contribution < -0.4 is 5.32 Å². The van der Waals surface area contributed by atoms with Crippen LogP contribution in [0, 0.1) is 0 Å². The Bertz CT molecular complexity index is 338. The fourth-order valence-electron chi connectivity index (χ4n) is 1.32. The van der Waals surface area contributed by atoms with E-state index in [0.717, 1.165) is 0 Å². The number of thioether (sulfide) groups is 1. The molecule has 16 heavy (non-hydrogen) atoms. The van der Waals surface area contributed by atoms with Gasteiger partial charge in [0.15, 0.2) is 0 Å². The molecule has 1 rings (SSSR count). The summed E-state index contributed by atoms with van der Waals surface area (Å²) in [7, 11) is 0. The van der Waals surface area contributed by atoms with E-state index in [9.17, 15) is 9.59 Å². The van der Waals surface area contributed by atoms with E-state index in [0.29, 0.717) is 0 Å². The third kappa shape index (κ3) is 2.69. The highest BCUT2D eigenvalue weighted by atomic mass is 32.2. The van der Waals surface area contributed by atoms with Gasteiger partial charge >= 0.3 is 11.9 Å².